The van der Waals surface area contributed by atoms with Gasteiger partial charge in [0, 0.05) is 37.1 Å². The van der Waals surface area contributed by atoms with E-state index in [2.05, 4.69) is 25.2 Å². The van der Waals surface area contributed by atoms with E-state index in [0.717, 1.165) is 24.0 Å². The minimum atomic E-state index is -0.235. The summed E-state index contributed by atoms with van der Waals surface area (Å²) >= 11 is 0. The molecule has 1 amide bonds. The van der Waals surface area contributed by atoms with Gasteiger partial charge in [0.15, 0.2) is 0 Å². The molecule has 0 atom stereocenters. The second kappa shape index (κ2) is 6.23. The number of aromatic nitrogens is 3. The molecular formula is C18H17N5O. The third kappa shape index (κ3) is 2.78. The summed E-state index contributed by atoms with van der Waals surface area (Å²) in [6.07, 6.45) is 7.20. The highest BCUT2D eigenvalue weighted by molar-refractivity contribution is 6.08. The van der Waals surface area contributed by atoms with Gasteiger partial charge in [-0.2, -0.15) is 0 Å². The second-order valence-corrected chi connectivity index (χ2v) is 5.80. The molecule has 0 radical (unpaired) electrons. The summed E-state index contributed by atoms with van der Waals surface area (Å²) < 4.78 is 0. The fraction of sp³-hybridized carbons (Fsp3) is 0.222. The van der Waals surface area contributed by atoms with E-state index in [1.807, 2.05) is 30.3 Å². The molecule has 1 aromatic carbocycles. The van der Waals surface area contributed by atoms with E-state index >= 15 is 0 Å². The predicted octanol–water partition coefficient (Wildman–Crippen LogP) is 2.88. The lowest BCUT2D eigenvalue weighted by molar-refractivity contribution is 0.102. The summed E-state index contributed by atoms with van der Waals surface area (Å²) in [5.41, 5.74) is 1.88. The molecule has 0 bridgehead atoms. The highest BCUT2D eigenvalue weighted by Crippen LogP contribution is 2.21. The van der Waals surface area contributed by atoms with Gasteiger partial charge < -0.3 is 10.2 Å². The van der Waals surface area contributed by atoms with Crippen LogP contribution in [0.15, 0.2) is 48.9 Å². The molecule has 1 aliphatic rings. The quantitative estimate of drug-likeness (QED) is 0.804. The maximum Gasteiger partial charge on any atom is 0.258 e. The summed E-state index contributed by atoms with van der Waals surface area (Å²) in [5, 5.41) is 3.88. The van der Waals surface area contributed by atoms with Crippen molar-refractivity contribution in [1.82, 2.24) is 15.0 Å². The van der Waals surface area contributed by atoms with Crippen LogP contribution in [0.4, 0.5) is 11.6 Å². The third-order valence-corrected chi connectivity index (χ3v) is 4.17. The van der Waals surface area contributed by atoms with Gasteiger partial charge in [-0.05, 0) is 25.0 Å². The van der Waals surface area contributed by atoms with Crippen molar-refractivity contribution in [3.05, 3.63) is 54.5 Å². The molecule has 1 aliphatic heterocycles. The van der Waals surface area contributed by atoms with Crippen molar-refractivity contribution in [3.63, 3.8) is 0 Å². The zero-order valence-corrected chi connectivity index (χ0v) is 13.1. The van der Waals surface area contributed by atoms with Crippen molar-refractivity contribution in [1.29, 1.82) is 0 Å². The number of pyridine rings is 1. The Kier molecular flexibility index (Phi) is 3.78. The fourth-order valence-corrected chi connectivity index (χ4v) is 2.92. The van der Waals surface area contributed by atoms with Crippen molar-refractivity contribution in [2.75, 3.05) is 23.3 Å². The second-order valence-electron chi connectivity index (χ2n) is 5.80. The summed E-state index contributed by atoms with van der Waals surface area (Å²) in [7, 11) is 0. The van der Waals surface area contributed by atoms with Crippen molar-refractivity contribution in [3.8, 4) is 0 Å². The average molecular weight is 319 g/mol. The fourth-order valence-electron chi connectivity index (χ4n) is 2.92. The zero-order chi connectivity index (χ0) is 16.4. The van der Waals surface area contributed by atoms with Crippen LogP contribution in [-0.4, -0.2) is 33.9 Å². The van der Waals surface area contributed by atoms with Gasteiger partial charge in [0.1, 0.15) is 0 Å². The van der Waals surface area contributed by atoms with Crippen LogP contribution in [0, 0.1) is 0 Å². The molecule has 1 fully saturated rings. The van der Waals surface area contributed by atoms with E-state index in [4.69, 9.17) is 0 Å². The lowest BCUT2D eigenvalue weighted by Crippen LogP contribution is -2.21. The highest BCUT2D eigenvalue weighted by Gasteiger charge is 2.16. The average Bonchev–Trinajstić information content (AvgIpc) is 3.17. The van der Waals surface area contributed by atoms with Crippen LogP contribution in [0.3, 0.4) is 0 Å². The number of benzene rings is 1. The van der Waals surface area contributed by atoms with Gasteiger partial charge in [-0.3, -0.25) is 9.78 Å². The van der Waals surface area contributed by atoms with Crippen molar-refractivity contribution >= 4 is 28.4 Å². The van der Waals surface area contributed by atoms with Crippen LogP contribution >= 0.6 is 0 Å². The lowest BCUT2D eigenvalue weighted by atomic mass is 10.2. The predicted molar refractivity (Wildman–Crippen MR) is 93.2 cm³/mol. The molecule has 0 saturated carbocycles. The number of amides is 1. The molecule has 0 unspecified atom stereocenters. The molecule has 3 aromatic rings. The molecule has 1 N–H and O–H groups in total. The highest BCUT2D eigenvalue weighted by atomic mass is 16.1. The van der Waals surface area contributed by atoms with E-state index in [1.54, 1.807) is 18.6 Å². The number of nitrogens with one attached hydrogen (secondary N) is 1. The minimum Gasteiger partial charge on any atom is -0.341 e. The standard InChI is InChI=1S/C18H17N5O/c24-17(14-11-20-18(21-12-14)23-9-1-2-10-23)22-15-7-3-5-13-6-4-8-19-16(13)15/h3-8,11-12H,1-2,9-10H2,(H,22,24). The van der Waals surface area contributed by atoms with Crippen LogP contribution < -0.4 is 10.2 Å². The third-order valence-electron chi connectivity index (χ3n) is 4.17. The Morgan fingerprint density at radius 1 is 1.00 bits per heavy atom. The normalized spacial score (nSPS) is 14.1. The van der Waals surface area contributed by atoms with Gasteiger partial charge in [0.05, 0.1) is 16.8 Å². The van der Waals surface area contributed by atoms with Crippen molar-refractivity contribution in [2.24, 2.45) is 0 Å². The van der Waals surface area contributed by atoms with E-state index in [-0.39, 0.29) is 5.91 Å². The molecule has 1 saturated heterocycles. The lowest BCUT2D eigenvalue weighted by Gasteiger charge is -2.14. The molecule has 0 aliphatic carbocycles. The Hall–Kier alpha value is -3.02. The van der Waals surface area contributed by atoms with Crippen LogP contribution in [-0.2, 0) is 0 Å². The monoisotopic (exact) mass is 319 g/mol. The van der Waals surface area contributed by atoms with Gasteiger partial charge in [-0.1, -0.05) is 18.2 Å². The molecule has 6 heteroatoms. The van der Waals surface area contributed by atoms with Crippen LogP contribution in [0.25, 0.3) is 10.9 Å². The van der Waals surface area contributed by atoms with Crippen LogP contribution in [0.5, 0.6) is 0 Å². The van der Waals surface area contributed by atoms with E-state index < -0.39 is 0 Å². The summed E-state index contributed by atoms with van der Waals surface area (Å²) in [5.74, 6) is 0.456. The summed E-state index contributed by atoms with van der Waals surface area (Å²) in [6.45, 7) is 1.96. The molecule has 0 spiro atoms. The number of anilines is 2. The number of fused-ring (bicyclic) bond motifs is 1. The molecule has 4 rings (SSSR count). The Morgan fingerprint density at radius 3 is 2.54 bits per heavy atom. The SMILES string of the molecule is O=C(Nc1cccc2cccnc12)c1cnc(N2CCCC2)nc1. The van der Waals surface area contributed by atoms with Gasteiger partial charge >= 0.3 is 0 Å². The van der Waals surface area contributed by atoms with E-state index in [9.17, 15) is 4.79 Å². The Labute approximate surface area is 139 Å². The molecule has 120 valence electrons. The Balaban J connectivity index is 1.55. The first kappa shape index (κ1) is 14.6. The number of carbonyl (C=O) groups excluding carboxylic acids is 1. The van der Waals surface area contributed by atoms with Crippen molar-refractivity contribution < 1.29 is 4.79 Å². The number of nitrogens with zero attached hydrogens (tertiary/aromatic N) is 4. The molecular weight excluding hydrogens is 302 g/mol. The molecule has 3 heterocycles. The maximum absolute atomic E-state index is 12.5. The molecule has 2 aromatic heterocycles. The largest absolute Gasteiger partial charge is 0.341 e. The van der Waals surface area contributed by atoms with Crippen LogP contribution in [0.1, 0.15) is 23.2 Å². The summed E-state index contributed by atoms with van der Waals surface area (Å²) in [6, 6.07) is 9.54. The van der Waals surface area contributed by atoms with Crippen LogP contribution in [0.2, 0.25) is 0 Å². The number of hydrogen-bond acceptors (Lipinski definition) is 5. The molecule has 6 nitrogen and oxygen atoms in total. The number of carbonyl (C=O) groups is 1. The first-order valence-corrected chi connectivity index (χ1v) is 8.03. The number of rotatable bonds is 3. The maximum atomic E-state index is 12.5. The smallest absolute Gasteiger partial charge is 0.258 e. The summed E-state index contributed by atoms with van der Waals surface area (Å²) in [4.78, 5) is 27.6. The number of para-hydroxylation sites is 1. The van der Waals surface area contributed by atoms with Gasteiger partial charge in [0.25, 0.3) is 5.91 Å². The van der Waals surface area contributed by atoms with Gasteiger partial charge in [0.2, 0.25) is 5.95 Å². The van der Waals surface area contributed by atoms with Crippen molar-refractivity contribution in [2.45, 2.75) is 12.8 Å². The number of hydrogen-bond donors (Lipinski definition) is 1. The Bertz CT molecular complexity index is 867. The first-order chi connectivity index (χ1) is 11.8. The first-order valence-electron chi connectivity index (χ1n) is 8.03. The zero-order valence-electron chi connectivity index (χ0n) is 13.1. The Morgan fingerprint density at radius 2 is 1.75 bits per heavy atom. The molecule has 24 heavy (non-hydrogen) atoms. The topological polar surface area (TPSA) is 71.0 Å². The van der Waals surface area contributed by atoms with Gasteiger partial charge in [-0.15, -0.1) is 0 Å². The van der Waals surface area contributed by atoms with Gasteiger partial charge in [-0.25, -0.2) is 9.97 Å². The van der Waals surface area contributed by atoms with E-state index in [0.29, 0.717) is 17.2 Å². The van der Waals surface area contributed by atoms with E-state index in [1.165, 1.54) is 12.8 Å². The minimum absolute atomic E-state index is 0.235.